The maximum absolute atomic E-state index is 13.5. The Hall–Kier alpha value is -4.00. The van der Waals surface area contributed by atoms with Crippen molar-refractivity contribution in [3.05, 3.63) is 65.1 Å². The zero-order valence-electron chi connectivity index (χ0n) is 27.1. The van der Waals surface area contributed by atoms with Crippen LogP contribution in [0, 0.1) is 20.8 Å². The molecule has 5 rings (SSSR count). The van der Waals surface area contributed by atoms with Crippen molar-refractivity contribution in [3.8, 4) is 16.9 Å². The lowest BCUT2D eigenvalue weighted by Gasteiger charge is -2.35. The SMILES string of the molecule is COC(=O)[C@@H](OC(C)(C)C)c1c(C)c2c3c(cc(C)n3CCN2c2ncc(OCCNS(C)(=O)=O)cn2)c1-c1ccc(C)cc1. The quantitative estimate of drug-likeness (QED) is 0.186. The molecule has 1 aliphatic rings. The average Bonchev–Trinajstić information content (AvgIpc) is 3.31. The highest BCUT2D eigenvalue weighted by molar-refractivity contribution is 7.88. The van der Waals surface area contributed by atoms with E-state index in [2.05, 4.69) is 61.4 Å². The lowest BCUT2D eigenvalue weighted by Crippen LogP contribution is -2.32. The average molecular weight is 636 g/mol. The summed E-state index contributed by atoms with van der Waals surface area (Å²) in [5, 5.41) is 1.00. The minimum absolute atomic E-state index is 0.133. The molecule has 1 atom stereocenters. The summed E-state index contributed by atoms with van der Waals surface area (Å²) in [5.74, 6) is 0.424. The van der Waals surface area contributed by atoms with Crippen LogP contribution in [0.5, 0.6) is 5.75 Å². The van der Waals surface area contributed by atoms with E-state index in [1.54, 1.807) is 12.4 Å². The van der Waals surface area contributed by atoms with Crippen LogP contribution in [-0.2, 0) is 30.8 Å². The number of nitrogens with one attached hydrogen (secondary N) is 1. The number of rotatable bonds is 10. The number of anilines is 2. The van der Waals surface area contributed by atoms with Gasteiger partial charge in [0.2, 0.25) is 16.0 Å². The van der Waals surface area contributed by atoms with E-state index in [0.29, 0.717) is 24.8 Å². The lowest BCUT2D eigenvalue weighted by molar-refractivity contribution is -0.164. The summed E-state index contributed by atoms with van der Waals surface area (Å²) >= 11 is 0. The Morgan fingerprint density at radius 3 is 2.33 bits per heavy atom. The van der Waals surface area contributed by atoms with Crippen molar-refractivity contribution in [3.63, 3.8) is 0 Å². The molecule has 0 saturated carbocycles. The number of carbonyl (C=O) groups is 1. The van der Waals surface area contributed by atoms with Gasteiger partial charge in [0.05, 0.1) is 42.6 Å². The van der Waals surface area contributed by atoms with Crippen molar-refractivity contribution in [2.75, 3.05) is 38.0 Å². The fourth-order valence-corrected chi connectivity index (χ4v) is 6.31. The molecule has 1 aliphatic heterocycles. The van der Waals surface area contributed by atoms with Gasteiger partial charge in [-0.3, -0.25) is 0 Å². The van der Waals surface area contributed by atoms with Gasteiger partial charge < -0.3 is 23.7 Å². The number of carbonyl (C=O) groups excluding carboxylic acids is 1. The third-order valence-electron chi connectivity index (χ3n) is 7.72. The standard InChI is InChI=1S/C33H41N5O6S/c1-20-9-11-23(12-10-20)27-25-17-21(2)37-14-15-38(32-34-18-24(19-35-32)43-16-13-36-45(8,40)41)28(29(25)37)22(3)26(27)30(31(39)42-7)44-33(4,5)6/h9-12,17-19,30,36H,13-16H2,1-8H3/t30-/m0/s1. The predicted molar refractivity (Wildman–Crippen MR) is 175 cm³/mol. The molecule has 1 N–H and O–H groups in total. The van der Waals surface area contributed by atoms with Crippen molar-refractivity contribution in [1.29, 1.82) is 0 Å². The Labute approximate surface area is 264 Å². The number of methoxy groups -OCH3 is 1. The molecule has 0 amide bonds. The Bertz CT molecular complexity index is 1830. The highest BCUT2D eigenvalue weighted by Crippen LogP contribution is 2.49. The van der Waals surface area contributed by atoms with Gasteiger partial charge in [-0.1, -0.05) is 29.8 Å². The number of nitrogens with zero attached hydrogens (tertiary/aromatic N) is 4. The van der Waals surface area contributed by atoms with Crippen LogP contribution >= 0.6 is 0 Å². The maximum Gasteiger partial charge on any atom is 0.339 e. The number of ether oxygens (including phenoxy) is 3. The third kappa shape index (κ3) is 6.82. The van der Waals surface area contributed by atoms with Crippen LogP contribution in [0.2, 0.25) is 0 Å². The molecule has 0 spiro atoms. The molecule has 2 aromatic carbocycles. The molecule has 0 bridgehead atoms. The Morgan fingerprint density at radius 1 is 1.07 bits per heavy atom. The van der Waals surface area contributed by atoms with Gasteiger partial charge in [0.1, 0.15) is 6.61 Å². The van der Waals surface area contributed by atoms with Gasteiger partial charge in [0.25, 0.3) is 0 Å². The van der Waals surface area contributed by atoms with E-state index in [4.69, 9.17) is 14.2 Å². The first-order valence-electron chi connectivity index (χ1n) is 14.8. The van der Waals surface area contributed by atoms with Crippen LogP contribution in [0.1, 0.15) is 49.3 Å². The van der Waals surface area contributed by atoms with Crippen LogP contribution < -0.4 is 14.4 Å². The van der Waals surface area contributed by atoms with E-state index < -0.39 is 27.7 Å². The first-order valence-corrected chi connectivity index (χ1v) is 16.7. The summed E-state index contributed by atoms with van der Waals surface area (Å²) in [7, 11) is -1.92. The molecular formula is C33H41N5O6S. The van der Waals surface area contributed by atoms with Gasteiger partial charge in [-0.25, -0.2) is 27.9 Å². The van der Waals surface area contributed by atoms with Crippen molar-refractivity contribution in [2.24, 2.45) is 0 Å². The summed E-state index contributed by atoms with van der Waals surface area (Å²) in [6.07, 6.45) is 3.27. The molecule has 0 fully saturated rings. The molecule has 45 heavy (non-hydrogen) atoms. The second-order valence-electron chi connectivity index (χ2n) is 12.3. The number of esters is 1. The van der Waals surface area contributed by atoms with Crippen LogP contribution in [0.15, 0.2) is 42.7 Å². The number of hydrogen-bond acceptors (Lipinski definition) is 9. The van der Waals surface area contributed by atoms with Gasteiger partial charge in [-0.15, -0.1) is 0 Å². The maximum atomic E-state index is 13.5. The van der Waals surface area contributed by atoms with Gasteiger partial charge in [0, 0.05) is 36.3 Å². The number of sulfonamides is 1. The number of aromatic nitrogens is 3. The van der Waals surface area contributed by atoms with E-state index >= 15 is 0 Å². The van der Waals surface area contributed by atoms with Crippen LogP contribution in [0.25, 0.3) is 22.0 Å². The monoisotopic (exact) mass is 635 g/mol. The van der Waals surface area contributed by atoms with Gasteiger partial charge in [-0.05, 0) is 64.3 Å². The molecule has 4 aromatic rings. The fraction of sp³-hybridized carbons (Fsp3) is 0.424. The van der Waals surface area contributed by atoms with E-state index in [9.17, 15) is 13.2 Å². The molecule has 240 valence electrons. The fourth-order valence-electron chi connectivity index (χ4n) is 5.85. The summed E-state index contributed by atoms with van der Waals surface area (Å²) in [6, 6.07) is 10.5. The van der Waals surface area contributed by atoms with Crippen molar-refractivity contribution in [1.82, 2.24) is 19.3 Å². The second-order valence-corrected chi connectivity index (χ2v) is 14.2. The molecule has 0 saturated heterocycles. The third-order valence-corrected chi connectivity index (χ3v) is 8.45. The van der Waals surface area contributed by atoms with Gasteiger partial charge >= 0.3 is 5.97 Å². The second kappa shape index (κ2) is 12.4. The Kier molecular flexibility index (Phi) is 8.94. The molecule has 3 heterocycles. The molecule has 2 aromatic heterocycles. The van der Waals surface area contributed by atoms with Crippen LogP contribution in [-0.4, -0.2) is 67.6 Å². The highest BCUT2D eigenvalue weighted by atomic mass is 32.2. The van der Waals surface area contributed by atoms with Gasteiger partial charge in [-0.2, -0.15) is 0 Å². The zero-order valence-corrected chi connectivity index (χ0v) is 27.9. The minimum Gasteiger partial charge on any atom is -0.489 e. The molecule has 0 radical (unpaired) electrons. The normalized spacial score (nSPS) is 14.1. The minimum atomic E-state index is -3.30. The van der Waals surface area contributed by atoms with Crippen LogP contribution in [0.3, 0.4) is 0 Å². The number of hydrogen-bond donors (Lipinski definition) is 1. The molecule has 0 aliphatic carbocycles. The van der Waals surface area contributed by atoms with Gasteiger partial charge in [0.15, 0.2) is 11.9 Å². The zero-order chi connectivity index (χ0) is 32.7. The van der Waals surface area contributed by atoms with E-state index in [1.807, 2.05) is 34.6 Å². The van der Waals surface area contributed by atoms with E-state index in [0.717, 1.165) is 56.4 Å². The lowest BCUT2D eigenvalue weighted by atomic mass is 9.87. The number of aryl methyl sites for hydroxylation is 2. The Balaban J connectivity index is 1.68. The van der Waals surface area contributed by atoms with E-state index in [-0.39, 0.29) is 13.2 Å². The smallest absolute Gasteiger partial charge is 0.339 e. The summed E-state index contributed by atoms with van der Waals surface area (Å²) < 4.78 is 44.8. The first kappa shape index (κ1) is 32.4. The number of benzene rings is 2. The summed E-state index contributed by atoms with van der Waals surface area (Å²) in [4.78, 5) is 24.8. The highest BCUT2D eigenvalue weighted by Gasteiger charge is 2.37. The molecule has 11 nitrogen and oxygen atoms in total. The summed E-state index contributed by atoms with van der Waals surface area (Å²) in [5.41, 5.74) is 7.05. The largest absolute Gasteiger partial charge is 0.489 e. The topological polar surface area (TPSA) is 125 Å². The molecule has 0 unspecified atom stereocenters. The van der Waals surface area contributed by atoms with Crippen molar-refractivity contribution < 1.29 is 27.4 Å². The first-order chi connectivity index (χ1) is 21.2. The van der Waals surface area contributed by atoms with E-state index in [1.165, 1.54) is 7.11 Å². The molecule has 12 heteroatoms. The van der Waals surface area contributed by atoms with Crippen molar-refractivity contribution in [2.45, 2.75) is 59.8 Å². The summed E-state index contributed by atoms with van der Waals surface area (Å²) in [6.45, 7) is 13.5. The predicted octanol–water partition coefficient (Wildman–Crippen LogP) is 5.13. The Morgan fingerprint density at radius 2 is 1.73 bits per heavy atom. The molecular weight excluding hydrogens is 594 g/mol. The van der Waals surface area contributed by atoms with Crippen LogP contribution in [0.4, 0.5) is 11.6 Å². The van der Waals surface area contributed by atoms with Crippen molar-refractivity contribution >= 4 is 38.5 Å².